The molecule has 45 heavy (non-hydrogen) atoms. The number of hydrogen-bond donors (Lipinski definition) is 0. The zero-order valence-corrected chi connectivity index (χ0v) is 26.0. The van der Waals surface area contributed by atoms with Crippen LogP contribution in [-0.2, 0) is 0 Å². The Balaban J connectivity index is 1.31. The molecule has 0 saturated heterocycles. The van der Waals surface area contributed by atoms with E-state index in [0.717, 1.165) is 11.4 Å². The van der Waals surface area contributed by atoms with E-state index in [4.69, 9.17) is 0 Å². The van der Waals surface area contributed by atoms with Gasteiger partial charge in [-0.25, -0.2) is 0 Å². The van der Waals surface area contributed by atoms with Crippen molar-refractivity contribution in [3.05, 3.63) is 164 Å². The molecule has 0 aliphatic carbocycles. The highest BCUT2D eigenvalue weighted by Gasteiger charge is 2.21. The van der Waals surface area contributed by atoms with Crippen LogP contribution in [0.15, 0.2) is 164 Å². The molecule has 3 heteroatoms. The molecular weight excluding hydrogens is 583 g/mol. The Labute approximate surface area is 269 Å². The predicted molar refractivity (Wildman–Crippen MR) is 198 cm³/mol. The number of thiophene rings is 2. The van der Waals surface area contributed by atoms with Crippen molar-refractivity contribution in [1.29, 1.82) is 0 Å². The first-order chi connectivity index (χ1) is 22.3. The van der Waals surface area contributed by atoms with E-state index in [1.54, 1.807) is 0 Å². The largest absolute Gasteiger partial charge is 0.310 e. The average Bonchev–Trinajstić information content (AvgIpc) is 3.67. The Bertz CT molecular complexity index is 2470. The summed E-state index contributed by atoms with van der Waals surface area (Å²) in [5, 5.41) is 5.25. The highest BCUT2D eigenvalue weighted by Crippen LogP contribution is 2.47. The maximum absolute atomic E-state index is 2.42. The molecule has 2 heterocycles. The quantitative estimate of drug-likeness (QED) is 0.188. The molecule has 0 aliphatic heterocycles. The van der Waals surface area contributed by atoms with Crippen LogP contribution in [0, 0.1) is 0 Å². The molecule has 212 valence electrons. The third kappa shape index (κ3) is 4.52. The van der Waals surface area contributed by atoms with Crippen LogP contribution in [0.1, 0.15) is 0 Å². The van der Waals surface area contributed by atoms with E-state index in [-0.39, 0.29) is 0 Å². The van der Waals surface area contributed by atoms with Gasteiger partial charge in [-0.3, -0.25) is 0 Å². The number of fused-ring (bicyclic) bond motifs is 6. The smallest absolute Gasteiger partial charge is 0.0554 e. The summed E-state index contributed by atoms with van der Waals surface area (Å²) in [5.41, 5.74) is 8.31. The molecule has 0 spiro atoms. The second kappa shape index (κ2) is 10.7. The molecule has 0 amide bonds. The SMILES string of the molecule is c1ccc(-c2ccc(N(c3ccccc3)c3cc4sc5ccccc5c4cc3-c3ccc4sc5ccccc5c4c3)cc2)cc1. The summed E-state index contributed by atoms with van der Waals surface area (Å²) in [6.45, 7) is 0. The van der Waals surface area contributed by atoms with E-state index >= 15 is 0 Å². The first-order valence-electron chi connectivity index (χ1n) is 15.2. The molecule has 9 rings (SSSR count). The summed E-state index contributed by atoms with van der Waals surface area (Å²) >= 11 is 3.73. The molecule has 0 aliphatic rings. The molecule has 9 aromatic rings. The third-order valence-electron chi connectivity index (χ3n) is 8.67. The maximum Gasteiger partial charge on any atom is 0.0554 e. The lowest BCUT2D eigenvalue weighted by Gasteiger charge is -2.28. The normalized spacial score (nSPS) is 11.6. The van der Waals surface area contributed by atoms with Crippen molar-refractivity contribution in [1.82, 2.24) is 0 Å². The molecule has 0 atom stereocenters. The van der Waals surface area contributed by atoms with Gasteiger partial charge in [0, 0.05) is 57.3 Å². The monoisotopic (exact) mass is 609 g/mol. The van der Waals surface area contributed by atoms with Crippen molar-refractivity contribution in [3.8, 4) is 22.3 Å². The van der Waals surface area contributed by atoms with Gasteiger partial charge < -0.3 is 4.90 Å². The minimum Gasteiger partial charge on any atom is -0.310 e. The standard InChI is InChI=1S/C42H27NS2/c1-3-11-28(12-4-1)29-19-22-32(23-20-29)43(31-13-5-2-6-14-31)38-27-42-37(34-16-8-10-18-40(34)45-42)26-35(38)30-21-24-41-36(25-30)33-15-7-9-17-39(33)44-41/h1-27H. The van der Waals surface area contributed by atoms with Crippen molar-refractivity contribution >= 4 is 80.1 Å². The van der Waals surface area contributed by atoms with Gasteiger partial charge in [-0.1, -0.05) is 103 Å². The molecule has 0 saturated carbocycles. The molecule has 0 bridgehead atoms. The lowest BCUT2D eigenvalue weighted by atomic mass is 9.97. The lowest BCUT2D eigenvalue weighted by Crippen LogP contribution is -2.11. The van der Waals surface area contributed by atoms with Crippen LogP contribution in [0.25, 0.3) is 62.6 Å². The molecule has 2 aromatic heterocycles. The number of rotatable bonds is 5. The van der Waals surface area contributed by atoms with E-state index in [0.29, 0.717) is 0 Å². The number of para-hydroxylation sites is 1. The molecule has 0 N–H and O–H groups in total. The Hall–Kier alpha value is -5.22. The summed E-state index contributed by atoms with van der Waals surface area (Å²) in [4.78, 5) is 2.42. The van der Waals surface area contributed by atoms with Crippen LogP contribution >= 0.6 is 22.7 Å². The first kappa shape index (κ1) is 26.2. The molecular formula is C42H27NS2. The topological polar surface area (TPSA) is 3.24 Å². The van der Waals surface area contributed by atoms with Gasteiger partial charge in [0.05, 0.1) is 5.69 Å². The van der Waals surface area contributed by atoms with Crippen LogP contribution in [0.5, 0.6) is 0 Å². The van der Waals surface area contributed by atoms with E-state index < -0.39 is 0 Å². The summed E-state index contributed by atoms with van der Waals surface area (Å²) in [5.74, 6) is 0. The van der Waals surface area contributed by atoms with Crippen LogP contribution in [0.2, 0.25) is 0 Å². The Kier molecular flexibility index (Phi) is 6.26. The summed E-state index contributed by atoms with van der Waals surface area (Å²) in [7, 11) is 0. The zero-order chi connectivity index (χ0) is 29.7. The minimum atomic E-state index is 1.13. The van der Waals surface area contributed by atoms with Gasteiger partial charge in [0.1, 0.15) is 0 Å². The maximum atomic E-state index is 2.42. The van der Waals surface area contributed by atoms with E-state index in [1.807, 2.05) is 22.7 Å². The number of benzene rings is 7. The summed E-state index contributed by atoms with van der Waals surface area (Å²) < 4.78 is 5.25. The van der Waals surface area contributed by atoms with Gasteiger partial charge >= 0.3 is 0 Å². The number of nitrogens with zero attached hydrogens (tertiary/aromatic N) is 1. The highest BCUT2D eigenvalue weighted by molar-refractivity contribution is 7.26. The minimum absolute atomic E-state index is 1.13. The Morgan fingerprint density at radius 2 is 0.844 bits per heavy atom. The van der Waals surface area contributed by atoms with Gasteiger partial charge in [0.2, 0.25) is 0 Å². The molecule has 0 fully saturated rings. The zero-order valence-electron chi connectivity index (χ0n) is 24.4. The molecule has 0 radical (unpaired) electrons. The van der Waals surface area contributed by atoms with E-state index in [2.05, 4.69) is 169 Å². The van der Waals surface area contributed by atoms with E-state index in [1.165, 1.54) is 68.3 Å². The lowest BCUT2D eigenvalue weighted by molar-refractivity contribution is 1.29. The fourth-order valence-electron chi connectivity index (χ4n) is 6.51. The first-order valence-corrected chi connectivity index (χ1v) is 16.8. The van der Waals surface area contributed by atoms with Crippen molar-refractivity contribution in [2.24, 2.45) is 0 Å². The van der Waals surface area contributed by atoms with Crippen LogP contribution in [0.4, 0.5) is 17.1 Å². The van der Waals surface area contributed by atoms with Crippen molar-refractivity contribution in [3.63, 3.8) is 0 Å². The fraction of sp³-hybridized carbons (Fsp3) is 0. The van der Waals surface area contributed by atoms with Gasteiger partial charge in [-0.2, -0.15) is 0 Å². The molecule has 1 nitrogen and oxygen atoms in total. The Morgan fingerprint density at radius 1 is 0.333 bits per heavy atom. The van der Waals surface area contributed by atoms with E-state index in [9.17, 15) is 0 Å². The average molecular weight is 610 g/mol. The second-order valence-electron chi connectivity index (χ2n) is 11.4. The number of hydrogen-bond acceptors (Lipinski definition) is 3. The van der Waals surface area contributed by atoms with Crippen molar-refractivity contribution in [2.45, 2.75) is 0 Å². The fourth-order valence-corrected chi connectivity index (χ4v) is 8.72. The van der Waals surface area contributed by atoms with Gasteiger partial charge in [-0.05, 0) is 77.4 Å². The second-order valence-corrected chi connectivity index (χ2v) is 13.5. The van der Waals surface area contributed by atoms with Crippen LogP contribution in [0.3, 0.4) is 0 Å². The van der Waals surface area contributed by atoms with Crippen LogP contribution < -0.4 is 4.90 Å². The predicted octanol–water partition coefficient (Wildman–Crippen LogP) is 13.2. The summed E-state index contributed by atoms with van der Waals surface area (Å²) in [6, 6.07) is 59.7. The Morgan fingerprint density at radius 3 is 1.56 bits per heavy atom. The number of anilines is 3. The van der Waals surface area contributed by atoms with Gasteiger partial charge in [-0.15, -0.1) is 22.7 Å². The molecule has 0 unspecified atom stereocenters. The van der Waals surface area contributed by atoms with Crippen molar-refractivity contribution < 1.29 is 0 Å². The third-order valence-corrected chi connectivity index (χ3v) is 11.0. The van der Waals surface area contributed by atoms with Gasteiger partial charge in [0.25, 0.3) is 0 Å². The molecule has 7 aromatic carbocycles. The van der Waals surface area contributed by atoms with Crippen LogP contribution in [-0.4, -0.2) is 0 Å². The van der Waals surface area contributed by atoms with Crippen molar-refractivity contribution in [2.75, 3.05) is 4.90 Å². The summed E-state index contributed by atoms with van der Waals surface area (Å²) in [6.07, 6.45) is 0. The highest BCUT2D eigenvalue weighted by atomic mass is 32.1. The van der Waals surface area contributed by atoms with Gasteiger partial charge in [0.15, 0.2) is 0 Å².